The van der Waals surface area contributed by atoms with E-state index in [9.17, 15) is 22.4 Å². The van der Waals surface area contributed by atoms with Crippen LogP contribution in [0.1, 0.15) is 46.7 Å². The zero-order valence-corrected chi connectivity index (χ0v) is 19.0. The minimum absolute atomic E-state index is 0.0163. The lowest BCUT2D eigenvalue weighted by molar-refractivity contribution is -0.139. The number of Topliss-reactive ketones (excluding diaryl/α,β-unsaturated/α-hetero) is 1. The van der Waals surface area contributed by atoms with Gasteiger partial charge in [-0.1, -0.05) is 69.0 Å². The Morgan fingerprint density at radius 3 is 2.23 bits per heavy atom. The van der Waals surface area contributed by atoms with E-state index in [1.54, 1.807) is 0 Å². The molecule has 1 aliphatic carbocycles. The van der Waals surface area contributed by atoms with Crippen LogP contribution in [-0.4, -0.2) is 17.6 Å². The average Bonchev–Trinajstić information content (AvgIpc) is 3.35. The normalized spacial score (nSPS) is 16.7. The number of alkyl halides is 4. The molecule has 3 rings (SSSR count). The van der Waals surface area contributed by atoms with Gasteiger partial charge in [-0.25, -0.2) is 4.39 Å². The number of carbonyl (C=O) groups excluding carboxylic acids is 1. The van der Waals surface area contributed by atoms with Crippen molar-refractivity contribution < 1.29 is 22.4 Å². The number of allylic oxidation sites excluding steroid dienone is 1. The Hall–Kier alpha value is -1.08. The third-order valence-corrected chi connectivity index (χ3v) is 6.62. The van der Waals surface area contributed by atoms with E-state index in [2.05, 4.69) is 15.9 Å². The molecule has 0 radical (unpaired) electrons. The smallest absolute Gasteiger partial charge is 0.294 e. The second kappa shape index (κ2) is 8.81. The summed E-state index contributed by atoms with van der Waals surface area (Å²) in [5.74, 6) is -2.32. The van der Waals surface area contributed by atoms with Gasteiger partial charge in [-0.2, -0.15) is 13.2 Å². The minimum atomic E-state index is -4.59. The van der Waals surface area contributed by atoms with Crippen molar-refractivity contribution in [2.45, 2.75) is 37.0 Å². The first kappa shape index (κ1) is 23.6. The van der Waals surface area contributed by atoms with Crippen molar-refractivity contribution in [1.82, 2.24) is 0 Å². The second-order valence-electron chi connectivity index (χ2n) is 7.17. The van der Waals surface area contributed by atoms with Gasteiger partial charge in [0.2, 0.25) is 0 Å². The summed E-state index contributed by atoms with van der Waals surface area (Å²) in [5, 5.41) is -0.167. The summed E-state index contributed by atoms with van der Waals surface area (Å²) in [6, 6.07) is 6.73. The molecule has 9 heteroatoms. The summed E-state index contributed by atoms with van der Waals surface area (Å²) in [6.45, 7) is 0. The van der Waals surface area contributed by atoms with Crippen LogP contribution in [0, 0.1) is 0 Å². The van der Waals surface area contributed by atoms with E-state index in [0.29, 0.717) is 28.4 Å². The summed E-state index contributed by atoms with van der Waals surface area (Å²) < 4.78 is 55.1. The molecule has 0 bridgehead atoms. The lowest BCUT2D eigenvalue weighted by Gasteiger charge is -2.18. The van der Waals surface area contributed by atoms with E-state index in [1.165, 1.54) is 24.3 Å². The second-order valence-corrected chi connectivity index (χ2v) is 9.21. The molecule has 1 aliphatic rings. The third-order valence-electron chi connectivity index (χ3n) is 4.76. The summed E-state index contributed by atoms with van der Waals surface area (Å²) in [6.07, 6.45) is -1.80. The standard InChI is InChI=1S/C21H14BrCl3F4O/c22-15-7-11(1-3-13(15)18(30)10-20(26)5-6-20)2-4-14(21(27,28)29)12-8-16(23)19(25)17(24)9-12/h1-4,7-9,14H,5-6,10H2/b4-2+. The SMILES string of the molecule is O=C(CC1(F)CC1)c1ccc(/C=C/C(c2cc(Cl)c(Cl)c(Cl)c2)C(F)(F)F)cc1Br. The lowest BCUT2D eigenvalue weighted by Crippen LogP contribution is -2.19. The van der Waals surface area contributed by atoms with Crippen molar-refractivity contribution in [2.24, 2.45) is 0 Å². The van der Waals surface area contributed by atoms with Gasteiger partial charge < -0.3 is 0 Å². The molecule has 2 aromatic carbocycles. The van der Waals surface area contributed by atoms with Crippen LogP contribution in [0.4, 0.5) is 17.6 Å². The van der Waals surface area contributed by atoms with Gasteiger partial charge in [0.1, 0.15) is 5.67 Å². The van der Waals surface area contributed by atoms with E-state index in [-0.39, 0.29) is 32.8 Å². The molecule has 1 atom stereocenters. The van der Waals surface area contributed by atoms with E-state index < -0.39 is 17.8 Å². The Labute approximate surface area is 194 Å². The predicted octanol–water partition coefficient (Wildman–Crippen LogP) is 8.84. The van der Waals surface area contributed by atoms with Crippen molar-refractivity contribution in [2.75, 3.05) is 0 Å². The highest BCUT2D eigenvalue weighted by atomic mass is 79.9. The molecule has 1 unspecified atom stereocenters. The molecule has 0 aliphatic heterocycles. The van der Waals surface area contributed by atoms with Gasteiger partial charge in [0.15, 0.2) is 5.78 Å². The van der Waals surface area contributed by atoms with Crippen molar-refractivity contribution in [3.8, 4) is 0 Å². The van der Waals surface area contributed by atoms with Gasteiger partial charge in [-0.3, -0.25) is 4.79 Å². The van der Waals surface area contributed by atoms with Crippen molar-refractivity contribution in [3.05, 3.63) is 72.6 Å². The molecule has 0 N–H and O–H groups in total. The number of rotatable bonds is 6. The highest BCUT2D eigenvalue weighted by Crippen LogP contribution is 2.44. The molecule has 1 fully saturated rings. The van der Waals surface area contributed by atoms with E-state index in [1.807, 2.05) is 0 Å². The van der Waals surface area contributed by atoms with Gasteiger partial charge in [-0.05, 0) is 48.2 Å². The highest BCUT2D eigenvalue weighted by molar-refractivity contribution is 9.10. The first-order valence-corrected chi connectivity index (χ1v) is 10.7. The highest BCUT2D eigenvalue weighted by Gasteiger charge is 2.45. The molecule has 160 valence electrons. The van der Waals surface area contributed by atoms with Gasteiger partial charge in [0, 0.05) is 16.5 Å². The fourth-order valence-corrected chi connectivity index (χ4v) is 4.16. The van der Waals surface area contributed by atoms with Gasteiger partial charge in [0.05, 0.1) is 21.0 Å². The van der Waals surface area contributed by atoms with Crippen molar-refractivity contribution >= 4 is 62.6 Å². The maximum atomic E-state index is 13.8. The van der Waals surface area contributed by atoms with Crippen molar-refractivity contribution in [1.29, 1.82) is 0 Å². The predicted molar refractivity (Wildman–Crippen MR) is 115 cm³/mol. The van der Waals surface area contributed by atoms with Crippen LogP contribution in [-0.2, 0) is 0 Å². The van der Waals surface area contributed by atoms with Crippen LogP contribution < -0.4 is 0 Å². The monoisotopic (exact) mass is 542 g/mol. The van der Waals surface area contributed by atoms with E-state index in [4.69, 9.17) is 34.8 Å². The number of hydrogen-bond donors (Lipinski definition) is 0. The summed E-state index contributed by atoms with van der Waals surface area (Å²) in [5.41, 5.74) is -0.850. The Kier molecular flexibility index (Phi) is 6.93. The molecule has 0 saturated heterocycles. The van der Waals surface area contributed by atoms with E-state index >= 15 is 0 Å². The average molecular weight is 545 g/mol. The van der Waals surface area contributed by atoms with Crippen LogP contribution in [0.5, 0.6) is 0 Å². The largest absolute Gasteiger partial charge is 0.399 e. The summed E-state index contributed by atoms with van der Waals surface area (Å²) in [7, 11) is 0. The fraction of sp³-hybridized carbons (Fsp3) is 0.286. The Bertz CT molecular complexity index is 993. The molecule has 0 heterocycles. The number of hydrogen-bond acceptors (Lipinski definition) is 1. The Morgan fingerprint density at radius 1 is 1.13 bits per heavy atom. The molecule has 30 heavy (non-hydrogen) atoms. The molecule has 0 spiro atoms. The summed E-state index contributed by atoms with van der Waals surface area (Å²) >= 11 is 20.8. The quantitative estimate of drug-likeness (QED) is 0.202. The Morgan fingerprint density at radius 2 is 1.73 bits per heavy atom. The van der Waals surface area contributed by atoms with Crippen LogP contribution >= 0.6 is 50.7 Å². The molecule has 2 aromatic rings. The Balaban J connectivity index is 1.86. The molecule has 1 saturated carbocycles. The first-order chi connectivity index (χ1) is 13.9. The van der Waals surface area contributed by atoms with Crippen LogP contribution in [0.15, 0.2) is 40.9 Å². The van der Waals surface area contributed by atoms with E-state index in [0.717, 1.165) is 18.2 Å². The lowest BCUT2D eigenvalue weighted by atomic mass is 9.96. The number of benzene rings is 2. The summed E-state index contributed by atoms with van der Waals surface area (Å²) in [4.78, 5) is 12.2. The van der Waals surface area contributed by atoms with Gasteiger partial charge in [-0.15, -0.1) is 0 Å². The molecule has 0 amide bonds. The zero-order chi connectivity index (χ0) is 22.3. The maximum absolute atomic E-state index is 13.8. The van der Waals surface area contributed by atoms with Gasteiger partial charge >= 0.3 is 6.18 Å². The zero-order valence-electron chi connectivity index (χ0n) is 15.2. The molecular weight excluding hydrogens is 530 g/mol. The number of carbonyl (C=O) groups is 1. The number of ketones is 1. The molecular formula is C21H14BrCl3F4O. The van der Waals surface area contributed by atoms with Crippen LogP contribution in [0.3, 0.4) is 0 Å². The van der Waals surface area contributed by atoms with Crippen molar-refractivity contribution in [3.63, 3.8) is 0 Å². The maximum Gasteiger partial charge on any atom is 0.399 e. The molecule has 0 aromatic heterocycles. The third kappa shape index (κ3) is 5.58. The topological polar surface area (TPSA) is 17.1 Å². The van der Waals surface area contributed by atoms with Crippen LogP contribution in [0.25, 0.3) is 6.08 Å². The number of halogens is 8. The minimum Gasteiger partial charge on any atom is -0.294 e. The van der Waals surface area contributed by atoms with Crippen LogP contribution in [0.2, 0.25) is 15.1 Å². The fourth-order valence-electron chi connectivity index (χ4n) is 2.93. The van der Waals surface area contributed by atoms with Gasteiger partial charge in [0.25, 0.3) is 0 Å². The first-order valence-electron chi connectivity index (χ1n) is 8.81. The molecule has 1 nitrogen and oxygen atoms in total.